The lowest BCUT2D eigenvalue weighted by Crippen LogP contribution is -2.33. The van der Waals surface area contributed by atoms with Gasteiger partial charge in [0.2, 0.25) is 0 Å². The van der Waals surface area contributed by atoms with E-state index >= 15 is 0 Å². The number of carbonyl (C=O) groups excluding carboxylic acids is 1. The van der Waals surface area contributed by atoms with Crippen LogP contribution >= 0.6 is 39.7 Å². The minimum atomic E-state index is -4.16. The van der Waals surface area contributed by atoms with Crippen LogP contribution in [0.1, 0.15) is 33.6 Å². The topological polar surface area (TPSA) is 79.0 Å². The fourth-order valence-corrected chi connectivity index (χ4v) is 6.87. The highest BCUT2D eigenvalue weighted by molar-refractivity contribution is 9.10. The molecule has 0 saturated heterocycles. The maximum Gasteiger partial charge on any atom is 0.265 e. The van der Waals surface area contributed by atoms with E-state index in [0.717, 1.165) is 43.0 Å². The molecule has 2 N–H and O–H groups in total. The summed E-state index contributed by atoms with van der Waals surface area (Å²) < 4.78 is 28.9. The van der Waals surface area contributed by atoms with Crippen molar-refractivity contribution in [1.82, 2.24) is 9.71 Å². The van der Waals surface area contributed by atoms with Gasteiger partial charge in [0.05, 0.1) is 0 Å². The normalized spacial score (nSPS) is 14.1. The average molecular weight is 600 g/mol. The number of hydrogen-bond donors (Lipinski definition) is 2. The number of carbonyl (C=O) groups is 1. The Morgan fingerprint density at radius 3 is 2.72 bits per heavy atom. The van der Waals surface area contributed by atoms with Gasteiger partial charge >= 0.3 is 0 Å². The number of fused-ring (bicyclic) bond motifs is 2. The summed E-state index contributed by atoms with van der Waals surface area (Å²) in [4.78, 5) is 16.4. The van der Waals surface area contributed by atoms with Gasteiger partial charge < -0.3 is 4.98 Å². The minimum absolute atomic E-state index is 0.154. The van der Waals surface area contributed by atoms with Crippen molar-refractivity contribution < 1.29 is 13.2 Å². The van der Waals surface area contributed by atoms with E-state index in [1.807, 2.05) is 19.1 Å². The van der Waals surface area contributed by atoms with Crippen molar-refractivity contribution in [2.45, 2.75) is 19.8 Å². The molecule has 1 heterocycles. The number of aryl methyl sites for hydroxylation is 1. The smallest absolute Gasteiger partial charge is 0.265 e. The fourth-order valence-electron chi connectivity index (χ4n) is 4.38. The molecule has 4 aromatic rings. The zero-order chi connectivity index (χ0) is 25.6. The molecule has 0 aliphatic heterocycles. The molecule has 5 nitrogen and oxygen atoms in total. The number of rotatable bonds is 5. The van der Waals surface area contributed by atoms with E-state index in [1.54, 1.807) is 24.3 Å². The zero-order valence-electron chi connectivity index (χ0n) is 19.1. The summed E-state index contributed by atoms with van der Waals surface area (Å²) in [5.74, 6) is -0.733. The molecule has 0 fully saturated rings. The Hall–Kier alpha value is -2.78. The maximum atomic E-state index is 13.0. The number of halogens is 2. The molecular formula is C27H20BrClN2O3S2. The molecule has 5 rings (SSSR count). The van der Waals surface area contributed by atoms with Gasteiger partial charge in [-0.3, -0.25) is 4.79 Å². The van der Waals surface area contributed by atoms with Crippen molar-refractivity contribution >= 4 is 82.2 Å². The Morgan fingerprint density at radius 1 is 1.14 bits per heavy atom. The molecule has 0 saturated carbocycles. The Kier molecular flexibility index (Phi) is 6.63. The average Bonchev–Trinajstić information content (AvgIpc) is 3.16. The number of hydrogen-bond acceptors (Lipinski definition) is 4. The van der Waals surface area contributed by atoms with Crippen LogP contribution in [0.4, 0.5) is 0 Å². The molecule has 3 aromatic carbocycles. The molecule has 0 unspecified atom stereocenters. The predicted molar refractivity (Wildman–Crippen MR) is 153 cm³/mol. The summed E-state index contributed by atoms with van der Waals surface area (Å²) in [6, 6.07) is 17.4. The third kappa shape index (κ3) is 4.66. The van der Waals surface area contributed by atoms with Crippen LogP contribution in [0.2, 0.25) is 0 Å². The quantitative estimate of drug-likeness (QED) is 0.247. The first-order valence-corrected chi connectivity index (χ1v) is 14.2. The van der Waals surface area contributed by atoms with Gasteiger partial charge in [-0.1, -0.05) is 66.3 Å². The summed E-state index contributed by atoms with van der Waals surface area (Å²) in [6.07, 6.45) is 3.76. The molecule has 36 heavy (non-hydrogen) atoms. The lowest BCUT2D eigenvalue weighted by atomic mass is 9.98. The van der Waals surface area contributed by atoms with Crippen LogP contribution in [-0.2, 0) is 16.4 Å². The van der Waals surface area contributed by atoms with Crippen molar-refractivity contribution in [3.8, 4) is 0 Å². The lowest BCUT2D eigenvalue weighted by molar-refractivity contribution is 0.0982. The van der Waals surface area contributed by atoms with Crippen LogP contribution < -0.4 is 4.72 Å². The zero-order valence-corrected chi connectivity index (χ0v) is 23.0. The standard InChI is InChI=1S/C27H20BrClN2O3S2/c1-15-21(12-17-7-6-16-4-2-3-5-20(16)26(17)28)22-13-18(8-10-23(22)30-15)27(32)31-36(33,34)25-14-19(29)9-11-24(25)35/h2-10,13-14,30H,11-12H2,1H3,(H,31,32). The summed E-state index contributed by atoms with van der Waals surface area (Å²) in [6.45, 7) is 1.99. The van der Waals surface area contributed by atoms with Crippen molar-refractivity contribution in [1.29, 1.82) is 0 Å². The van der Waals surface area contributed by atoms with Crippen LogP contribution in [0.3, 0.4) is 0 Å². The molecular weight excluding hydrogens is 580 g/mol. The molecule has 0 atom stereocenters. The number of allylic oxidation sites excluding steroid dienone is 4. The number of amides is 1. The molecule has 1 aliphatic rings. The number of nitrogens with one attached hydrogen (secondary N) is 2. The van der Waals surface area contributed by atoms with Gasteiger partial charge in [0.1, 0.15) is 4.91 Å². The number of thiocarbonyl (C=S) groups is 1. The predicted octanol–water partition coefficient (Wildman–Crippen LogP) is 6.82. The van der Waals surface area contributed by atoms with Crippen LogP contribution in [0, 0.1) is 6.92 Å². The highest BCUT2D eigenvalue weighted by Gasteiger charge is 2.26. The van der Waals surface area contributed by atoms with Crippen molar-refractivity contribution in [2.75, 3.05) is 0 Å². The highest BCUT2D eigenvalue weighted by atomic mass is 79.9. The van der Waals surface area contributed by atoms with E-state index in [2.05, 4.69) is 49.9 Å². The summed E-state index contributed by atoms with van der Waals surface area (Å²) in [5.41, 5.74) is 4.22. The Bertz CT molecular complexity index is 1750. The Labute approximate surface area is 227 Å². The first kappa shape index (κ1) is 24.9. The van der Waals surface area contributed by atoms with Crippen molar-refractivity contribution in [3.63, 3.8) is 0 Å². The van der Waals surface area contributed by atoms with Gasteiger partial charge in [0.25, 0.3) is 15.9 Å². The second kappa shape index (κ2) is 9.59. The fraction of sp³-hybridized carbons (Fsp3) is 0.111. The molecule has 0 bridgehead atoms. The lowest BCUT2D eigenvalue weighted by Gasteiger charge is -2.14. The van der Waals surface area contributed by atoms with Crippen LogP contribution in [0.25, 0.3) is 21.7 Å². The van der Waals surface area contributed by atoms with E-state index in [9.17, 15) is 13.2 Å². The number of aromatic nitrogens is 1. The van der Waals surface area contributed by atoms with Gasteiger partial charge in [0.15, 0.2) is 0 Å². The molecule has 0 radical (unpaired) electrons. The van der Waals surface area contributed by atoms with Crippen LogP contribution in [0.5, 0.6) is 0 Å². The van der Waals surface area contributed by atoms with E-state index in [1.165, 1.54) is 6.08 Å². The number of benzene rings is 3. The minimum Gasteiger partial charge on any atom is -0.358 e. The van der Waals surface area contributed by atoms with Crippen LogP contribution in [0.15, 0.2) is 81.2 Å². The SMILES string of the molecule is Cc1[nH]c2ccc(C(=O)NS(=O)(=O)C3=CC(Cl)=CCC3=S)cc2c1Cc1ccc2ccccc2c1Br. The van der Waals surface area contributed by atoms with E-state index in [-0.39, 0.29) is 26.8 Å². The molecule has 9 heteroatoms. The van der Waals surface area contributed by atoms with Crippen molar-refractivity contribution in [3.05, 3.63) is 104 Å². The van der Waals surface area contributed by atoms with Crippen molar-refractivity contribution in [2.24, 2.45) is 0 Å². The first-order valence-electron chi connectivity index (χ1n) is 11.1. The van der Waals surface area contributed by atoms with Crippen LogP contribution in [-0.4, -0.2) is 24.2 Å². The number of sulfonamides is 1. The van der Waals surface area contributed by atoms with E-state index in [0.29, 0.717) is 6.42 Å². The highest BCUT2D eigenvalue weighted by Crippen LogP contribution is 2.32. The van der Waals surface area contributed by atoms with E-state index < -0.39 is 15.9 Å². The summed E-state index contributed by atoms with van der Waals surface area (Å²) in [5, 5.41) is 3.40. The Balaban J connectivity index is 1.48. The summed E-state index contributed by atoms with van der Waals surface area (Å²) >= 11 is 14.9. The third-order valence-electron chi connectivity index (χ3n) is 6.24. The van der Waals surface area contributed by atoms with Gasteiger partial charge in [-0.15, -0.1) is 0 Å². The number of aromatic amines is 1. The largest absolute Gasteiger partial charge is 0.358 e. The molecule has 1 amide bonds. The second-order valence-corrected chi connectivity index (χ2v) is 12.0. The van der Waals surface area contributed by atoms with Gasteiger partial charge in [-0.2, -0.15) is 0 Å². The van der Waals surface area contributed by atoms with Gasteiger partial charge in [0, 0.05) is 49.4 Å². The summed E-state index contributed by atoms with van der Waals surface area (Å²) in [7, 11) is -4.16. The maximum absolute atomic E-state index is 13.0. The van der Waals surface area contributed by atoms with Gasteiger partial charge in [-0.05, 0) is 69.0 Å². The monoisotopic (exact) mass is 598 g/mol. The van der Waals surface area contributed by atoms with E-state index in [4.69, 9.17) is 23.8 Å². The molecule has 0 spiro atoms. The third-order valence-corrected chi connectivity index (χ3v) is 9.35. The Morgan fingerprint density at radius 2 is 1.92 bits per heavy atom. The first-order chi connectivity index (χ1) is 17.1. The number of H-pyrrole nitrogens is 1. The molecule has 1 aromatic heterocycles. The van der Waals surface area contributed by atoms with Gasteiger partial charge in [-0.25, -0.2) is 13.1 Å². The second-order valence-electron chi connectivity index (χ2n) is 8.59. The molecule has 182 valence electrons. The molecule has 1 aliphatic carbocycles.